The van der Waals surface area contributed by atoms with Crippen molar-refractivity contribution in [1.82, 2.24) is 9.21 Å². The van der Waals surface area contributed by atoms with Crippen LogP contribution >= 0.6 is 0 Å². The van der Waals surface area contributed by atoms with E-state index in [0.717, 1.165) is 4.31 Å². The van der Waals surface area contributed by atoms with Crippen LogP contribution in [0.2, 0.25) is 0 Å². The number of hydrogen-bond donors (Lipinski definition) is 0. The van der Waals surface area contributed by atoms with Gasteiger partial charge >= 0.3 is 0 Å². The van der Waals surface area contributed by atoms with E-state index in [0.29, 0.717) is 23.6 Å². The molecule has 2 aromatic rings. The zero-order valence-electron chi connectivity index (χ0n) is 16.2. The van der Waals surface area contributed by atoms with Crippen LogP contribution in [0.15, 0.2) is 35.2 Å². The molecule has 7 nitrogen and oxygen atoms in total. The van der Waals surface area contributed by atoms with E-state index in [-0.39, 0.29) is 37.6 Å². The van der Waals surface area contributed by atoms with Gasteiger partial charge in [-0.1, -0.05) is 0 Å². The molecule has 0 spiro atoms. The van der Waals surface area contributed by atoms with Crippen molar-refractivity contribution >= 4 is 15.9 Å². The minimum atomic E-state index is -4.40. The summed E-state index contributed by atoms with van der Waals surface area (Å²) in [6.45, 7) is -0.215. The summed E-state index contributed by atoms with van der Waals surface area (Å²) < 4.78 is 77.1. The van der Waals surface area contributed by atoms with Gasteiger partial charge in [0, 0.05) is 32.2 Å². The molecule has 1 amide bonds. The Morgan fingerprint density at radius 1 is 0.933 bits per heavy atom. The molecule has 0 radical (unpaired) electrons. The average Bonchev–Trinajstić information content (AvgIpc) is 2.76. The van der Waals surface area contributed by atoms with Crippen LogP contribution in [0.3, 0.4) is 0 Å². The number of ether oxygens (including phenoxy) is 2. The summed E-state index contributed by atoms with van der Waals surface area (Å²) in [4.78, 5) is 13.3. The summed E-state index contributed by atoms with van der Waals surface area (Å²) in [6, 6.07) is 5.94. The molecule has 0 unspecified atom stereocenters. The van der Waals surface area contributed by atoms with Gasteiger partial charge in [0.2, 0.25) is 10.0 Å². The third kappa shape index (κ3) is 3.94. The van der Waals surface area contributed by atoms with Crippen molar-refractivity contribution in [2.24, 2.45) is 0 Å². The molecule has 1 saturated heterocycles. The first-order valence-electron chi connectivity index (χ1n) is 8.85. The fraction of sp³-hybridized carbons (Fsp3) is 0.316. The minimum Gasteiger partial charge on any atom is -0.497 e. The highest BCUT2D eigenvalue weighted by Crippen LogP contribution is 2.27. The Morgan fingerprint density at radius 3 is 2.20 bits per heavy atom. The van der Waals surface area contributed by atoms with E-state index in [1.54, 1.807) is 18.2 Å². The summed E-state index contributed by atoms with van der Waals surface area (Å²) >= 11 is 0. The second-order valence-corrected chi connectivity index (χ2v) is 8.34. The molecule has 3 rings (SSSR count). The molecule has 162 valence electrons. The summed E-state index contributed by atoms with van der Waals surface area (Å²) in [7, 11) is -1.51. The molecule has 1 aliphatic rings. The third-order valence-corrected chi connectivity index (χ3v) is 6.70. The van der Waals surface area contributed by atoms with Gasteiger partial charge in [0.05, 0.1) is 19.8 Å². The largest absolute Gasteiger partial charge is 0.497 e. The Bertz CT molecular complexity index is 1070. The number of halogens is 3. The second kappa shape index (κ2) is 8.52. The number of nitrogens with zero attached hydrogens (tertiary/aromatic N) is 2. The van der Waals surface area contributed by atoms with Crippen molar-refractivity contribution in [1.29, 1.82) is 0 Å². The van der Waals surface area contributed by atoms with E-state index in [4.69, 9.17) is 9.47 Å². The van der Waals surface area contributed by atoms with Crippen molar-refractivity contribution in [3.05, 3.63) is 53.3 Å². The molecule has 1 fully saturated rings. The van der Waals surface area contributed by atoms with Crippen molar-refractivity contribution in [3.8, 4) is 11.5 Å². The molecular weight excluding hydrogens is 425 g/mol. The average molecular weight is 444 g/mol. The van der Waals surface area contributed by atoms with Gasteiger partial charge in [-0.05, 0) is 24.3 Å². The summed E-state index contributed by atoms with van der Waals surface area (Å²) in [6.07, 6.45) is 0. The van der Waals surface area contributed by atoms with Gasteiger partial charge in [0.25, 0.3) is 5.91 Å². The van der Waals surface area contributed by atoms with Gasteiger partial charge in [-0.2, -0.15) is 4.31 Å². The Hall–Kier alpha value is -2.79. The minimum absolute atomic E-state index is 0.0263. The second-order valence-electron chi connectivity index (χ2n) is 6.44. The number of sulfonamides is 1. The van der Waals surface area contributed by atoms with Crippen molar-refractivity contribution in [2.45, 2.75) is 4.90 Å². The van der Waals surface area contributed by atoms with E-state index in [2.05, 4.69) is 0 Å². The van der Waals surface area contributed by atoms with Crippen LogP contribution in [0.5, 0.6) is 11.5 Å². The SMILES string of the molecule is COc1ccc(C(=O)N2CCN(S(=O)(=O)c3ccc(F)c(F)c3F)CC2)c(OC)c1. The standard InChI is InChI=1S/C19H19F3N2O5S/c1-28-12-3-4-13(15(11-12)29-2)19(25)23-7-9-24(10-8-23)30(26,27)16-6-5-14(20)17(21)18(16)22/h3-6,11H,7-10H2,1-2H3. The number of benzene rings is 2. The summed E-state index contributed by atoms with van der Waals surface area (Å²) in [5.41, 5.74) is 0.279. The van der Waals surface area contributed by atoms with Gasteiger partial charge in [0.15, 0.2) is 17.5 Å². The maximum Gasteiger partial charge on any atom is 0.257 e. The van der Waals surface area contributed by atoms with Crippen molar-refractivity contribution in [2.75, 3.05) is 40.4 Å². The lowest BCUT2D eigenvalue weighted by Gasteiger charge is -2.34. The predicted octanol–water partition coefficient (Wildman–Crippen LogP) is 2.27. The van der Waals surface area contributed by atoms with E-state index in [1.807, 2.05) is 0 Å². The van der Waals surface area contributed by atoms with E-state index >= 15 is 0 Å². The highest BCUT2D eigenvalue weighted by atomic mass is 32.2. The maximum absolute atomic E-state index is 14.0. The predicted molar refractivity (Wildman–Crippen MR) is 101 cm³/mol. The number of amides is 1. The smallest absolute Gasteiger partial charge is 0.257 e. The molecule has 1 aliphatic heterocycles. The number of piperazine rings is 1. The van der Waals surface area contributed by atoms with Gasteiger partial charge in [-0.15, -0.1) is 0 Å². The molecule has 0 saturated carbocycles. The van der Waals surface area contributed by atoms with Gasteiger partial charge in [-0.25, -0.2) is 21.6 Å². The van der Waals surface area contributed by atoms with Crippen LogP contribution in [0.25, 0.3) is 0 Å². The highest BCUT2D eigenvalue weighted by molar-refractivity contribution is 7.89. The molecule has 2 aromatic carbocycles. The molecule has 0 bridgehead atoms. The lowest BCUT2D eigenvalue weighted by Crippen LogP contribution is -2.50. The Morgan fingerprint density at radius 2 is 1.60 bits per heavy atom. The van der Waals surface area contributed by atoms with Crippen LogP contribution in [0, 0.1) is 17.5 Å². The van der Waals surface area contributed by atoms with E-state index < -0.39 is 32.4 Å². The summed E-state index contributed by atoms with van der Waals surface area (Å²) in [5.74, 6) is -4.65. The maximum atomic E-state index is 14.0. The highest BCUT2D eigenvalue weighted by Gasteiger charge is 2.34. The van der Waals surface area contributed by atoms with Crippen LogP contribution in [0.1, 0.15) is 10.4 Å². The van der Waals surface area contributed by atoms with Crippen molar-refractivity contribution in [3.63, 3.8) is 0 Å². The number of hydrogen-bond acceptors (Lipinski definition) is 5. The Labute approximate surface area is 171 Å². The lowest BCUT2D eigenvalue weighted by molar-refractivity contribution is 0.0694. The molecule has 0 N–H and O–H groups in total. The molecular formula is C19H19F3N2O5S. The fourth-order valence-corrected chi connectivity index (χ4v) is 4.60. The molecule has 0 atom stereocenters. The fourth-order valence-electron chi connectivity index (χ4n) is 3.12. The van der Waals surface area contributed by atoms with Crippen LogP contribution in [0.4, 0.5) is 13.2 Å². The number of carbonyl (C=O) groups excluding carboxylic acids is 1. The molecule has 30 heavy (non-hydrogen) atoms. The zero-order valence-corrected chi connectivity index (χ0v) is 17.0. The van der Waals surface area contributed by atoms with Crippen LogP contribution in [-0.2, 0) is 10.0 Å². The zero-order chi connectivity index (χ0) is 22.1. The van der Waals surface area contributed by atoms with Gasteiger partial charge in [0.1, 0.15) is 16.4 Å². The quantitative estimate of drug-likeness (QED) is 0.662. The molecule has 1 heterocycles. The molecule has 0 aromatic heterocycles. The van der Waals surface area contributed by atoms with Crippen LogP contribution in [-0.4, -0.2) is 63.9 Å². The number of rotatable bonds is 5. The number of carbonyl (C=O) groups is 1. The topological polar surface area (TPSA) is 76.2 Å². The molecule has 11 heteroatoms. The van der Waals surface area contributed by atoms with Crippen LogP contribution < -0.4 is 9.47 Å². The van der Waals surface area contributed by atoms with Gasteiger partial charge < -0.3 is 14.4 Å². The monoisotopic (exact) mass is 444 g/mol. The van der Waals surface area contributed by atoms with E-state index in [1.165, 1.54) is 19.1 Å². The molecule has 0 aliphatic carbocycles. The first-order valence-corrected chi connectivity index (χ1v) is 10.3. The normalized spacial score (nSPS) is 15.2. The third-order valence-electron chi connectivity index (χ3n) is 4.78. The Kier molecular flexibility index (Phi) is 6.22. The lowest BCUT2D eigenvalue weighted by atomic mass is 10.1. The van der Waals surface area contributed by atoms with Crippen molar-refractivity contribution < 1.29 is 35.9 Å². The van der Waals surface area contributed by atoms with Gasteiger partial charge in [-0.3, -0.25) is 4.79 Å². The first kappa shape index (κ1) is 21.9. The number of methoxy groups -OCH3 is 2. The first-order chi connectivity index (χ1) is 14.2. The Balaban J connectivity index is 1.76. The van der Waals surface area contributed by atoms with E-state index in [9.17, 15) is 26.4 Å². The summed E-state index contributed by atoms with van der Waals surface area (Å²) in [5, 5.41) is 0.